The average molecular weight is 378 g/mol. The molecule has 0 amide bonds. The SMILES string of the molecule is COCC(O)(CCN[C@@H](C)c1ccc(Br)cc1)c1ccccc1. The Hall–Kier alpha value is -1.20. The normalized spacial score (nSPS) is 15.1. The van der Waals surface area contributed by atoms with Crippen LogP contribution in [0.3, 0.4) is 0 Å². The quantitative estimate of drug-likeness (QED) is 0.729. The molecule has 0 spiro atoms. The fourth-order valence-corrected chi connectivity index (χ4v) is 2.92. The van der Waals surface area contributed by atoms with Crippen molar-refractivity contribution >= 4 is 15.9 Å². The highest BCUT2D eigenvalue weighted by atomic mass is 79.9. The van der Waals surface area contributed by atoms with Crippen LogP contribution < -0.4 is 5.32 Å². The van der Waals surface area contributed by atoms with E-state index in [1.807, 2.05) is 42.5 Å². The molecule has 0 saturated carbocycles. The van der Waals surface area contributed by atoms with Crippen LogP contribution in [0, 0.1) is 0 Å². The zero-order chi connectivity index (χ0) is 16.7. The molecule has 4 heteroatoms. The molecule has 0 bridgehead atoms. The van der Waals surface area contributed by atoms with E-state index in [0.717, 1.165) is 10.0 Å². The van der Waals surface area contributed by atoms with E-state index in [0.29, 0.717) is 13.0 Å². The van der Waals surface area contributed by atoms with E-state index in [4.69, 9.17) is 4.74 Å². The van der Waals surface area contributed by atoms with Gasteiger partial charge in [-0.3, -0.25) is 0 Å². The smallest absolute Gasteiger partial charge is 0.114 e. The highest BCUT2D eigenvalue weighted by molar-refractivity contribution is 9.10. The Morgan fingerprint density at radius 2 is 1.78 bits per heavy atom. The second-order valence-corrected chi connectivity index (χ2v) is 6.72. The summed E-state index contributed by atoms with van der Waals surface area (Å²) in [6.07, 6.45) is 0.589. The Morgan fingerprint density at radius 1 is 1.13 bits per heavy atom. The number of methoxy groups -OCH3 is 1. The summed E-state index contributed by atoms with van der Waals surface area (Å²) < 4.78 is 6.31. The highest BCUT2D eigenvalue weighted by Crippen LogP contribution is 2.25. The number of hydrogen-bond donors (Lipinski definition) is 2. The molecule has 2 aromatic rings. The monoisotopic (exact) mass is 377 g/mol. The molecule has 2 N–H and O–H groups in total. The summed E-state index contributed by atoms with van der Waals surface area (Å²) in [5.74, 6) is 0. The number of ether oxygens (including phenoxy) is 1. The van der Waals surface area contributed by atoms with Crippen molar-refractivity contribution < 1.29 is 9.84 Å². The van der Waals surface area contributed by atoms with Crippen molar-refractivity contribution in [1.29, 1.82) is 0 Å². The molecule has 2 aromatic carbocycles. The minimum atomic E-state index is -0.970. The van der Waals surface area contributed by atoms with Gasteiger partial charge in [0.05, 0.1) is 6.61 Å². The van der Waals surface area contributed by atoms with E-state index >= 15 is 0 Å². The number of aliphatic hydroxyl groups is 1. The first kappa shape index (κ1) is 18.1. The van der Waals surface area contributed by atoms with Crippen molar-refractivity contribution in [1.82, 2.24) is 5.32 Å². The summed E-state index contributed by atoms with van der Waals surface area (Å²) in [5.41, 5.74) is 1.14. The third kappa shape index (κ3) is 5.15. The number of nitrogens with one attached hydrogen (secondary N) is 1. The second-order valence-electron chi connectivity index (χ2n) is 5.81. The topological polar surface area (TPSA) is 41.5 Å². The average Bonchev–Trinajstić information content (AvgIpc) is 2.56. The first-order valence-electron chi connectivity index (χ1n) is 7.81. The molecule has 0 radical (unpaired) electrons. The van der Waals surface area contributed by atoms with Crippen molar-refractivity contribution in [2.45, 2.75) is 25.0 Å². The molecule has 124 valence electrons. The van der Waals surface area contributed by atoms with Crippen molar-refractivity contribution in [2.24, 2.45) is 0 Å². The van der Waals surface area contributed by atoms with Gasteiger partial charge in [0.2, 0.25) is 0 Å². The van der Waals surface area contributed by atoms with Gasteiger partial charge in [-0.1, -0.05) is 58.4 Å². The molecule has 3 nitrogen and oxygen atoms in total. The van der Waals surface area contributed by atoms with Gasteiger partial charge in [0.15, 0.2) is 0 Å². The van der Waals surface area contributed by atoms with Crippen LogP contribution >= 0.6 is 15.9 Å². The number of rotatable bonds is 8. The standard InChI is InChI=1S/C19H24BrNO2/c1-15(16-8-10-18(20)11-9-16)21-13-12-19(22,14-23-2)17-6-4-3-5-7-17/h3-11,15,21-22H,12-14H2,1-2H3/t15-,19?/m0/s1. The van der Waals surface area contributed by atoms with Gasteiger partial charge in [-0.2, -0.15) is 0 Å². The van der Waals surface area contributed by atoms with Crippen LogP contribution in [0.5, 0.6) is 0 Å². The van der Waals surface area contributed by atoms with Gasteiger partial charge in [0, 0.05) is 17.6 Å². The van der Waals surface area contributed by atoms with Crippen molar-refractivity contribution in [3.63, 3.8) is 0 Å². The number of benzene rings is 2. The third-order valence-corrected chi connectivity index (χ3v) is 4.58. The van der Waals surface area contributed by atoms with Crippen LogP contribution in [-0.4, -0.2) is 25.4 Å². The van der Waals surface area contributed by atoms with Gasteiger partial charge in [0.1, 0.15) is 5.60 Å². The molecule has 0 saturated heterocycles. The summed E-state index contributed by atoms with van der Waals surface area (Å²) in [6.45, 7) is 3.11. The van der Waals surface area contributed by atoms with Crippen molar-refractivity contribution in [2.75, 3.05) is 20.3 Å². The Bertz CT molecular complexity index is 588. The van der Waals surface area contributed by atoms with Gasteiger partial charge in [-0.15, -0.1) is 0 Å². The van der Waals surface area contributed by atoms with Crippen LogP contribution in [0.15, 0.2) is 59.1 Å². The summed E-state index contributed by atoms with van der Waals surface area (Å²) in [6, 6.07) is 18.2. The van der Waals surface area contributed by atoms with Crippen molar-refractivity contribution in [3.05, 3.63) is 70.2 Å². The largest absolute Gasteiger partial charge is 0.383 e. The molecule has 0 aliphatic carbocycles. The maximum Gasteiger partial charge on any atom is 0.114 e. The summed E-state index contributed by atoms with van der Waals surface area (Å²) in [7, 11) is 1.62. The zero-order valence-electron chi connectivity index (χ0n) is 13.6. The van der Waals surface area contributed by atoms with Crippen LogP contribution in [-0.2, 0) is 10.3 Å². The van der Waals surface area contributed by atoms with Gasteiger partial charge in [-0.05, 0) is 43.1 Å². The molecule has 0 aromatic heterocycles. The zero-order valence-corrected chi connectivity index (χ0v) is 15.2. The molecule has 0 aliphatic heterocycles. The molecular formula is C19H24BrNO2. The molecule has 0 heterocycles. The van der Waals surface area contributed by atoms with Gasteiger partial charge in [0.25, 0.3) is 0 Å². The lowest BCUT2D eigenvalue weighted by molar-refractivity contribution is -0.0419. The number of halogens is 1. The minimum absolute atomic E-state index is 0.227. The fourth-order valence-electron chi connectivity index (χ4n) is 2.65. The van der Waals surface area contributed by atoms with E-state index in [1.165, 1.54) is 5.56 Å². The molecular weight excluding hydrogens is 354 g/mol. The van der Waals surface area contributed by atoms with E-state index < -0.39 is 5.60 Å². The van der Waals surface area contributed by atoms with Crippen molar-refractivity contribution in [3.8, 4) is 0 Å². The Kier molecular flexibility index (Phi) is 6.78. The minimum Gasteiger partial charge on any atom is -0.383 e. The third-order valence-electron chi connectivity index (χ3n) is 4.05. The van der Waals surface area contributed by atoms with Crippen LogP contribution in [0.4, 0.5) is 0 Å². The predicted molar refractivity (Wildman–Crippen MR) is 97.4 cm³/mol. The lowest BCUT2D eigenvalue weighted by atomic mass is 9.91. The fraction of sp³-hybridized carbons (Fsp3) is 0.368. The highest BCUT2D eigenvalue weighted by Gasteiger charge is 2.28. The lowest BCUT2D eigenvalue weighted by Crippen LogP contribution is -2.35. The summed E-state index contributed by atoms with van der Waals surface area (Å²) in [5, 5.41) is 14.4. The number of hydrogen-bond acceptors (Lipinski definition) is 3. The lowest BCUT2D eigenvalue weighted by Gasteiger charge is -2.29. The maximum absolute atomic E-state index is 10.9. The van der Waals surface area contributed by atoms with Crippen LogP contribution in [0.1, 0.15) is 30.5 Å². The Balaban J connectivity index is 1.95. The Labute approximate surface area is 146 Å². The molecule has 23 heavy (non-hydrogen) atoms. The van der Waals surface area contributed by atoms with Crippen LogP contribution in [0.2, 0.25) is 0 Å². The molecule has 1 unspecified atom stereocenters. The van der Waals surface area contributed by atoms with E-state index in [-0.39, 0.29) is 12.6 Å². The first-order chi connectivity index (χ1) is 11.0. The predicted octanol–water partition coefficient (Wildman–Crippen LogP) is 4.02. The second kappa shape index (κ2) is 8.60. The van der Waals surface area contributed by atoms with Gasteiger partial charge >= 0.3 is 0 Å². The van der Waals surface area contributed by atoms with Crippen LogP contribution in [0.25, 0.3) is 0 Å². The molecule has 0 fully saturated rings. The Morgan fingerprint density at radius 3 is 2.39 bits per heavy atom. The molecule has 0 aliphatic rings. The van der Waals surface area contributed by atoms with Gasteiger partial charge < -0.3 is 15.2 Å². The molecule has 2 rings (SSSR count). The van der Waals surface area contributed by atoms with E-state index in [9.17, 15) is 5.11 Å². The summed E-state index contributed by atoms with van der Waals surface area (Å²) >= 11 is 3.45. The van der Waals surface area contributed by atoms with Gasteiger partial charge in [-0.25, -0.2) is 0 Å². The molecule has 2 atom stereocenters. The maximum atomic E-state index is 10.9. The first-order valence-corrected chi connectivity index (χ1v) is 8.60. The van der Waals surface area contributed by atoms with E-state index in [2.05, 4.69) is 40.3 Å². The van der Waals surface area contributed by atoms with E-state index in [1.54, 1.807) is 7.11 Å². The summed E-state index contributed by atoms with van der Waals surface area (Å²) in [4.78, 5) is 0.